The van der Waals surface area contributed by atoms with Crippen LogP contribution in [0.25, 0.3) is 0 Å². The zero-order valence-corrected chi connectivity index (χ0v) is 13.1. The fourth-order valence-electron chi connectivity index (χ4n) is 3.70. The van der Waals surface area contributed by atoms with Gasteiger partial charge in [-0.2, -0.15) is 0 Å². The van der Waals surface area contributed by atoms with E-state index in [-0.39, 0.29) is 18.2 Å². The number of rotatable bonds is 3. The summed E-state index contributed by atoms with van der Waals surface area (Å²) in [5, 5.41) is 9.35. The number of benzene rings is 1. The van der Waals surface area contributed by atoms with Gasteiger partial charge < -0.3 is 14.9 Å². The molecule has 0 spiro atoms. The van der Waals surface area contributed by atoms with Gasteiger partial charge in [0.15, 0.2) is 0 Å². The molecule has 2 aliphatic rings. The molecule has 0 atom stereocenters. The number of likely N-dealkylation sites (tertiary alicyclic amines) is 1. The molecule has 122 valence electrons. The summed E-state index contributed by atoms with van der Waals surface area (Å²) in [6, 6.07) is 7.41. The first-order chi connectivity index (χ1) is 10.9. The maximum atomic E-state index is 12.8. The van der Waals surface area contributed by atoms with Gasteiger partial charge >= 0.3 is 5.97 Å². The summed E-state index contributed by atoms with van der Waals surface area (Å²) in [6.07, 6.45) is 0.912. The van der Waals surface area contributed by atoms with Crippen molar-refractivity contribution in [2.24, 2.45) is 0 Å². The van der Waals surface area contributed by atoms with Gasteiger partial charge in [0.2, 0.25) is 5.91 Å². The number of hydrogen-bond donors (Lipinski definition) is 1. The Morgan fingerprint density at radius 2 is 1.87 bits per heavy atom. The number of amides is 2. The van der Waals surface area contributed by atoms with Crippen LogP contribution in [0.2, 0.25) is 0 Å². The number of fused-ring (bicyclic) bond motifs is 1. The molecular weight excluding hydrogens is 296 g/mol. The van der Waals surface area contributed by atoms with Crippen molar-refractivity contribution in [3.8, 4) is 0 Å². The zero-order chi connectivity index (χ0) is 16.6. The Hall–Kier alpha value is -2.37. The number of carboxylic acids is 1. The molecule has 2 heterocycles. The maximum absolute atomic E-state index is 12.8. The highest BCUT2D eigenvalue weighted by Crippen LogP contribution is 2.38. The van der Waals surface area contributed by atoms with E-state index < -0.39 is 11.5 Å². The van der Waals surface area contributed by atoms with Crippen LogP contribution in [0.3, 0.4) is 0 Å². The molecule has 0 radical (unpaired) electrons. The molecule has 0 saturated carbocycles. The van der Waals surface area contributed by atoms with E-state index in [2.05, 4.69) is 0 Å². The predicted molar refractivity (Wildman–Crippen MR) is 82.8 cm³/mol. The molecule has 23 heavy (non-hydrogen) atoms. The van der Waals surface area contributed by atoms with Crippen molar-refractivity contribution in [3.63, 3.8) is 0 Å². The molecule has 1 saturated heterocycles. The lowest BCUT2D eigenvalue weighted by Gasteiger charge is -2.46. The lowest BCUT2D eigenvalue weighted by atomic mass is 9.82. The fraction of sp³-hybridized carbons (Fsp3) is 0.471. The molecule has 0 aliphatic carbocycles. The summed E-state index contributed by atoms with van der Waals surface area (Å²) < 4.78 is 0. The van der Waals surface area contributed by atoms with Crippen molar-refractivity contribution in [2.75, 3.05) is 13.1 Å². The van der Waals surface area contributed by atoms with Gasteiger partial charge in [-0.05, 0) is 24.5 Å². The van der Waals surface area contributed by atoms with Crippen LogP contribution in [0, 0.1) is 0 Å². The maximum Gasteiger partial charge on any atom is 0.305 e. The molecule has 1 aromatic rings. The summed E-state index contributed by atoms with van der Waals surface area (Å²) in [5.74, 6) is -1.02. The molecule has 0 aromatic heterocycles. The van der Waals surface area contributed by atoms with Crippen molar-refractivity contribution >= 4 is 17.8 Å². The summed E-state index contributed by atoms with van der Waals surface area (Å²) in [7, 11) is 0. The second-order valence-electron chi connectivity index (χ2n) is 6.35. The molecule has 0 unspecified atom stereocenters. The molecule has 2 aliphatic heterocycles. The van der Waals surface area contributed by atoms with Crippen LogP contribution in [0.15, 0.2) is 24.3 Å². The summed E-state index contributed by atoms with van der Waals surface area (Å²) in [5.41, 5.74) is 0.885. The summed E-state index contributed by atoms with van der Waals surface area (Å²) in [4.78, 5) is 39.1. The van der Waals surface area contributed by atoms with Crippen LogP contribution < -0.4 is 0 Å². The zero-order valence-electron chi connectivity index (χ0n) is 13.1. The van der Waals surface area contributed by atoms with Crippen molar-refractivity contribution < 1.29 is 19.5 Å². The summed E-state index contributed by atoms with van der Waals surface area (Å²) in [6.45, 7) is 2.94. The van der Waals surface area contributed by atoms with Crippen molar-refractivity contribution in [1.29, 1.82) is 0 Å². The molecule has 1 N–H and O–H groups in total. The monoisotopic (exact) mass is 316 g/mol. The molecular formula is C17H20N2O4. The molecule has 2 amide bonds. The Morgan fingerprint density at radius 3 is 2.43 bits per heavy atom. The van der Waals surface area contributed by atoms with Crippen LogP contribution in [0.1, 0.15) is 42.1 Å². The van der Waals surface area contributed by atoms with Gasteiger partial charge in [-0.15, -0.1) is 0 Å². The van der Waals surface area contributed by atoms with Crippen molar-refractivity contribution in [1.82, 2.24) is 9.80 Å². The van der Waals surface area contributed by atoms with E-state index in [9.17, 15) is 19.5 Å². The Bertz CT molecular complexity index is 662. The van der Waals surface area contributed by atoms with Gasteiger partial charge in [-0.3, -0.25) is 14.4 Å². The second-order valence-corrected chi connectivity index (χ2v) is 6.35. The van der Waals surface area contributed by atoms with Crippen LogP contribution in [0.5, 0.6) is 0 Å². The minimum atomic E-state index is -0.912. The first kappa shape index (κ1) is 15.5. The third kappa shape index (κ3) is 2.69. The van der Waals surface area contributed by atoms with E-state index in [1.807, 2.05) is 18.2 Å². The van der Waals surface area contributed by atoms with Gasteiger partial charge in [-0.25, -0.2) is 0 Å². The quantitative estimate of drug-likeness (QED) is 0.916. The standard InChI is InChI=1S/C17H20N2O4/c1-12(20)18-8-6-17(7-9-18,10-15(21)22)19-11-13-4-2-3-5-14(13)16(19)23/h2-5H,6-11H2,1H3,(H,21,22). The number of piperidine rings is 1. The molecule has 3 rings (SSSR count). The number of hydrogen-bond acceptors (Lipinski definition) is 3. The Kier molecular flexibility index (Phi) is 3.83. The van der Waals surface area contributed by atoms with Gasteiger partial charge in [0.05, 0.1) is 12.0 Å². The lowest BCUT2D eigenvalue weighted by Crippen LogP contribution is -2.57. The van der Waals surface area contributed by atoms with E-state index in [4.69, 9.17) is 0 Å². The molecule has 6 heteroatoms. The SMILES string of the molecule is CC(=O)N1CCC(CC(=O)O)(N2Cc3ccccc3C2=O)CC1. The van der Waals surface area contributed by atoms with E-state index in [1.54, 1.807) is 15.9 Å². The van der Waals surface area contributed by atoms with Crippen LogP contribution in [-0.2, 0) is 16.1 Å². The topological polar surface area (TPSA) is 77.9 Å². The summed E-state index contributed by atoms with van der Waals surface area (Å²) >= 11 is 0. The van der Waals surface area contributed by atoms with E-state index in [0.717, 1.165) is 5.56 Å². The molecule has 6 nitrogen and oxygen atoms in total. The number of carbonyl (C=O) groups is 3. The van der Waals surface area contributed by atoms with E-state index in [0.29, 0.717) is 38.0 Å². The first-order valence-electron chi connectivity index (χ1n) is 7.80. The number of nitrogens with zero attached hydrogens (tertiary/aromatic N) is 2. The van der Waals surface area contributed by atoms with Gasteiger partial charge in [0.1, 0.15) is 0 Å². The Labute approximate surface area is 134 Å². The highest BCUT2D eigenvalue weighted by Gasteiger charge is 2.47. The van der Waals surface area contributed by atoms with Crippen molar-refractivity contribution in [3.05, 3.63) is 35.4 Å². The molecule has 0 bridgehead atoms. The third-order valence-corrected chi connectivity index (χ3v) is 5.01. The number of carbonyl (C=O) groups excluding carboxylic acids is 2. The largest absolute Gasteiger partial charge is 0.481 e. The minimum Gasteiger partial charge on any atom is -0.481 e. The smallest absolute Gasteiger partial charge is 0.305 e. The number of aliphatic carboxylic acids is 1. The molecule has 1 fully saturated rings. The fourth-order valence-corrected chi connectivity index (χ4v) is 3.70. The average Bonchev–Trinajstić information content (AvgIpc) is 2.85. The van der Waals surface area contributed by atoms with Crippen molar-refractivity contribution in [2.45, 2.75) is 38.3 Å². The highest BCUT2D eigenvalue weighted by molar-refractivity contribution is 5.99. The Balaban J connectivity index is 1.88. The van der Waals surface area contributed by atoms with Gasteiger partial charge in [0.25, 0.3) is 5.91 Å². The predicted octanol–water partition coefficient (Wildman–Crippen LogP) is 1.50. The highest BCUT2D eigenvalue weighted by atomic mass is 16.4. The average molecular weight is 316 g/mol. The van der Waals surface area contributed by atoms with E-state index >= 15 is 0 Å². The normalized spacial score (nSPS) is 19.6. The Morgan fingerprint density at radius 1 is 1.22 bits per heavy atom. The third-order valence-electron chi connectivity index (χ3n) is 5.01. The lowest BCUT2D eigenvalue weighted by molar-refractivity contribution is -0.141. The van der Waals surface area contributed by atoms with Crippen LogP contribution in [-0.4, -0.2) is 51.3 Å². The molecule has 1 aromatic carbocycles. The first-order valence-corrected chi connectivity index (χ1v) is 7.80. The minimum absolute atomic E-state index is 0.00930. The second kappa shape index (κ2) is 5.68. The van der Waals surface area contributed by atoms with Crippen LogP contribution >= 0.6 is 0 Å². The van der Waals surface area contributed by atoms with Gasteiger partial charge in [-0.1, -0.05) is 18.2 Å². The van der Waals surface area contributed by atoms with E-state index in [1.165, 1.54) is 6.92 Å². The number of carboxylic acid groups (broad SMARTS) is 1. The van der Waals surface area contributed by atoms with Crippen LogP contribution in [0.4, 0.5) is 0 Å². The van der Waals surface area contributed by atoms with Gasteiger partial charge in [0, 0.05) is 32.1 Å².